The highest BCUT2D eigenvalue weighted by atomic mass is 19.4. The van der Waals surface area contributed by atoms with Gasteiger partial charge in [0.1, 0.15) is 11.5 Å². The van der Waals surface area contributed by atoms with Crippen LogP contribution in [0.25, 0.3) is 0 Å². The van der Waals surface area contributed by atoms with Crippen LogP contribution in [0.3, 0.4) is 0 Å². The topological polar surface area (TPSA) is 81.8 Å². The van der Waals surface area contributed by atoms with Crippen LogP contribution in [0.4, 0.5) is 13.2 Å². The van der Waals surface area contributed by atoms with E-state index in [1.54, 1.807) is 32.0 Å². The number of hydrogen-bond donors (Lipinski definition) is 2. The summed E-state index contributed by atoms with van der Waals surface area (Å²) in [6.45, 7) is 3.72. The smallest absolute Gasteiger partial charge is 0.416 e. The molecule has 2 atom stereocenters. The van der Waals surface area contributed by atoms with E-state index in [1.807, 2.05) is 0 Å². The first-order valence-corrected chi connectivity index (χ1v) is 8.95. The van der Waals surface area contributed by atoms with E-state index in [1.165, 1.54) is 19.2 Å². The van der Waals surface area contributed by atoms with E-state index < -0.39 is 23.4 Å². The molecule has 5 nitrogen and oxygen atoms in total. The van der Waals surface area contributed by atoms with E-state index in [-0.39, 0.29) is 24.5 Å². The number of aryl methyl sites for hydroxylation is 1. The minimum atomic E-state index is -4.52. The molecule has 0 radical (unpaired) electrons. The normalized spacial score (nSPS) is 14.8. The monoisotopic (exact) mass is 411 g/mol. The Morgan fingerprint density at radius 2 is 1.83 bits per heavy atom. The summed E-state index contributed by atoms with van der Waals surface area (Å²) in [4.78, 5) is 11.5. The lowest BCUT2D eigenvalue weighted by atomic mass is 9.92. The van der Waals surface area contributed by atoms with E-state index in [0.717, 1.165) is 17.7 Å². The number of benzene rings is 2. The molecule has 0 aromatic heterocycles. The average molecular weight is 411 g/mol. The molecule has 2 aromatic carbocycles. The van der Waals surface area contributed by atoms with Crippen molar-refractivity contribution in [1.29, 1.82) is 0 Å². The van der Waals surface area contributed by atoms with Gasteiger partial charge in [0.15, 0.2) is 0 Å². The number of rotatable bonds is 7. The third-order valence-corrected chi connectivity index (χ3v) is 4.47. The molecule has 0 aliphatic carbocycles. The Balaban J connectivity index is 2.03. The standard InChI is InChI=1S/C21H24F3NO4/c1-13(12-29-18-8-7-15(9-14(18)2)19(26)28-3)11-20(25,27)16-5-4-6-17(10-16)21(22,23)24/h4-10,13,27H,11-12,25H2,1-3H3. The maximum Gasteiger partial charge on any atom is 0.416 e. The summed E-state index contributed by atoms with van der Waals surface area (Å²) in [5.41, 5.74) is 4.19. The Labute approximate surface area is 167 Å². The van der Waals surface area contributed by atoms with E-state index >= 15 is 0 Å². The van der Waals surface area contributed by atoms with E-state index in [0.29, 0.717) is 11.3 Å². The van der Waals surface area contributed by atoms with Gasteiger partial charge in [0.2, 0.25) is 0 Å². The Morgan fingerprint density at radius 3 is 2.41 bits per heavy atom. The van der Waals surface area contributed by atoms with Crippen molar-refractivity contribution in [3.8, 4) is 5.75 Å². The van der Waals surface area contributed by atoms with Crippen LogP contribution >= 0.6 is 0 Å². The summed E-state index contributed by atoms with van der Waals surface area (Å²) >= 11 is 0. The van der Waals surface area contributed by atoms with Gasteiger partial charge >= 0.3 is 12.1 Å². The Morgan fingerprint density at radius 1 is 1.17 bits per heavy atom. The third-order valence-electron chi connectivity index (χ3n) is 4.47. The number of halogens is 3. The lowest BCUT2D eigenvalue weighted by Gasteiger charge is -2.28. The van der Waals surface area contributed by atoms with Crippen LogP contribution in [-0.2, 0) is 16.6 Å². The highest BCUT2D eigenvalue weighted by Gasteiger charge is 2.33. The van der Waals surface area contributed by atoms with Gasteiger partial charge in [-0.25, -0.2) is 4.79 Å². The number of alkyl halides is 3. The van der Waals surface area contributed by atoms with Gasteiger partial charge in [-0.05, 0) is 60.7 Å². The molecule has 0 aliphatic rings. The Bertz CT molecular complexity index is 865. The van der Waals surface area contributed by atoms with Crippen molar-refractivity contribution in [1.82, 2.24) is 0 Å². The maximum absolute atomic E-state index is 12.9. The van der Waals surface area contributed by atoms with Crippen LogP contribution < -0.4 is 10.5 Å². The number of carbonyl (C=O) groups is 1. The Hall–Kier alpha value is -2.58. The molecular weight excluding hydrogens is 387 g/mol. The fourth-order valence-electron chi connectivity index (χ4n) is 2.96. The quantitative estimate of drug-likeness (QED) is 0.532. The van der Waals surface area contributed by atoms with Gasteiger partial charge in [-0.1, -0.05) is 19.1 Å². The van der Waals surface area contributed by atoms with Crippen LogP contribution in [0.1, 0.15) is 40.4 Å². The summed E-state index contributed by atoms with van der Waals surface area (Å²) in [5, 5.41) is 10.5. The molecule has 0 bridgehead atoms. The molecule has 2 aromatic rings. The number of carbonyl (C=O) groups excluding carboxylic acids is 1. The van der Waals surface area contributed by atoms with E-state index in [4.69, 9.17) is 10.5 Å². The second-order valence-electron chi connectivity index (χ2n) is 7.09. The van der Waals surface area contributed by atoms with E-state index in [9.17, 15) is 23.1 Å². The van der Waals surface area contributed by atoms with Gasteiger partial charge in [-0.15, -0.1) is 0 Å². The molecule has 2 unspecified atom stereocenters. The van der Waals surface area contributed by atoms with Crippen molar-refractivity contribution in [3.63, 3.8) is 0 Å². The van der Waals surface area contributed by atoms with Gasteiger partial charge in [0, 0.05) is 0 Å². The second kappa shape index (κ2) is 8.84. The first-order chi connectivity index (χ1) is 13.4. The molecule has 0 saturated carbocycles. The van der Waals surface area contributed by atoms with Crippen molar-refractivity contribution < 1.29 is 32.5 Å². The largest absolute Gasteiger partial charge is 0.493 e. The van der Waals surface area contributed by atoms with Crippen molar-refractivity contribution in [2.24, 2.45) is 11.7 Å². The SMILES string of the molecule is COC(=O)c1ccc(OCC(C)CC(N)(O)c2cccc(C(F)(F)F)c2)c(C)c1. The molecule has 29 heavy (non-hydrogen) atoms. The summed E-state index contributed by atoms with van der Waals surface area (Å²) in [7, 11) is 1.29. The lowest BCUT2D eigenvalue weighted by molar-refractivity contribution is -0.137. The van der Waals surface area contributed by atoms with Crippen molar-refractivity contribution in [3.05, 3.63) is 64.7 Å². The molecule has 158 valence electrons. The second-order valence-corrected chi connectivity index (χ2v) is 7.09. The van der Waals surface area contributed by atoms with Gasteiger partial charge in [-0.2, -0.15) is 13.2 Å². The molecule has 0 saturated heterocycles. The molecule has 0 spiro atoms. The zero-order chi connectivity index (χ0) is 21.8. The predicted octanol–water partition coefficient (Wildman–Crippen LogP) is 4.01. The van der Waals surface area contributed by atoms with Crippen molar-refractivity contribution in [2.75, 3.05) is 13.7 Å². The minimum absolute atomic E-state index is 0.00635. The Kier molecular flexibility index (Phi) is 6.92. The number of aliphatic hydroxyl groups is 1. The average Bonchev–Trinajstić information content (AvgIpc) is 2.65. The molecular formula is C21H24F3NO4. The van der Waals surface area contributed by atoms with Gasteiger partial charge in [0.25, 0.3) is 0 Å². The number of methoxy groups -OCH3 is 1. The molecule has 0 amide bonds. The van der Waals surface area contributed by atoms with Crippen LogP contribution in [0.2, 0.25) is 0 Å². The first-order valence-electron chi connectivity index (χ1n) is 8.95. The first kappa shape index (κ1) is 22.7. The van der Waals surface area contributed by atoms with Crippen LogP contribution in [-0.4, -0.2) is 24.8 Å². The fourth-order valence-corrected chi connectivity index (χ4v) is 2.96. The third kappa shape index (κ3) is 5.95. The van der Waals surface area contributed by atoms with Crippen LogP contribution in [0.5, 0.6) is 5.75 Å². The molecule has 8 heteroatoms. The summed E-state index contributed by atoms with van der Waals surface area (Å²) in [6, 6.07) is 9.18. The van der Waals surface area contributed by atoms with Crippen molar-refractivity contribution in [2.45, 2.75) is 32.2 Å². The maximum atomic E-state index is 12.9. The molecule has 0 fully saturated rings. The highest BCUT2D eigenvalue weighted by molar-refractivity contribution is 5.89. The molecule has 3 N–H and O–H groups in total. The summed E-state index contributed by atoms with van der Waals surface area (Å²) < 4.78 is 49.1. The molecule has 0 aliphatic heterocycles. The summed E-state index contributed by atoms with van der Waals surface area (Å²) in [5.74, 6) is -0.175. The number of esters is 1. The summed E-state index contributed by atoms with van der Waals surface area (Å²) in [6.07, 6.45) is -4.53. The molecule has 0 heterocycles. The van der Waals surface area contributed by atoms with Crippen LogP contribution in [0, 0.1) is 12.8 Å². The number of ether oxygens (including phenoxy) is 2. The van der Waals surface area contributed by atoms with Crippen molar-refractivity contribution >= 4 is 5.97 Å². The van der Waals surface area contributed by atoms with E-state index in [2.05, 4.69) is 4.74 Å². The van der Waals surface area contributed by atoms with Gasteiger partial charge < -0.3 is 14.6 Å². The predicted molar refractivity (Wildman–Crippen MR) is 101 cm³/mol. The number of hydrogen-bond acceptors (Lipinski definition) is 5. The fraction of sp³-hybridized carbons (Fsp3) is 0.381. The zero-order valence-electron chi connectivity index (χ0n) is 16.4. The highest BCUT2D eigenvalue weighted by Crippen LogP contribution is 2.32. The lowest BCUT2D eigenvalue weighted by Crippen LogP contribution is -2.39. The molecule has 2 rings (SSSR count). The zero-order valence-corrected chi connectivity index (χ0v) is 16.4. The number of nitrogens with two attached hydrogens (primary N) is 1. The minimum Gasteiger partial charge on any atom is -0.493 e. The van der Waals surface area contributed by atoms with Gasteiger partial charge in [-0.3, -0.25) is 5.73 Å². The van der Waals surface area contributed by atoms with Crippen LogP contribution in [0.15, 0.2) is 42.5 Å². The van der Waals surface area contributed by atoms with Gasteiger partial charge in [0.05, 0.1) is 24.8 Å².